The predicted molar refractivity (Wildman–Crippen MR) is 52.6 cm³/mol. The monoisotopic (exact) mass is 160 g/mol. The first-order valence-electron chi connectivity index (χ1n) is 3.87. The normalized spacial score (nSPS) is 10.3. The summed E-state index contributed by atoms with van der Waals surface area (Å²) in [5.41, 5.74) is 0. The Morgan fingerprint density at radius 2 is 2.18 bits per heavy atom. The molecule has 2 heteroatoms. The Morgan fingerprint density at radius 1 is 1.36 bits per heavy atom. The summed E-state index contributed by atoms with van der Waals surface area (Å²) < 4.78 is 2.88. The molecule has 54 valence electrons. The molecular weight excluding hydrogens is 151 g/mol. The first kappa shape index (κ1) is 7.05. The third-order valence-electron chi connectivity index (χ3n) is 1.83. The van der Waals surface area contributed by atoms with E-state index in [1.165, 1.54) is 14.8 Å². The zero-order valence-electron chi connectivity index (χ0n) is 6.50. The van der Waals surface area contributed by atoms with Crippen molar-refractivity contribution in [3.63, 3.8) is 0 Å². The molecule has 0 aliphatic heterocycles. The molecule has 1 aromatic heterocycles. The fraction of sp³-hybridized carbons (Fsp3) is 0.222. The van der Waals surface area contributed by atoms with Crippen LogP contribution in [0.4, 0.5) is 0 Å². The molecule has 0 fully saturated rings. The van der Waals surface area contributed by atoms with E-state index >= 15 is 0 Å². The first-order chi connectivity index (χ1) is 5.40. The van der Waals surface area contributed by atoms with Crippen LogP contribution < -0.4 is 0 Å². The summed E-state index contributed by atoms with van der Waals surface area (Å²) in [4.78, 5) is 0. The summed E-state index contributed by atoms with van der Waals surface area (Å²) in [6.07, 6.45) is 1.15. The minimum absolute atomic E-state index is 1.15. The van der Waals surface area contributed by atoms with Crippen LogP contribution in [0.15, 0.2) is 24.3 Å². The molecule has 0 N–H and O–H groups in total. The van der Waals surface area contributed by atoms with Gasteiger partial charge in [-0.1, -0.05) is 0 Å². The van der Waals surface area contributed by atoms with Gasteiger partial charge in [0.05, 0.1) is 0 Å². The van der Waals surface area contributed by atoms with Gasteiger partial charge in [0.2, 0.25) is 0 Å². The van der Waals surface area contributed by atoms with Crippen molar-refractivity contribution in [2.45, 2.75) is 13.3 Å². The maximum atomic E-state index is 2.28. The molecule has 0 radical (unpaired) electrons. The van der Waals surface area contributed by atoms with Gasteiger partial charge in [-0.25, -0.2) is 0 Å². The standard InChI is InChI=1S/C9H9BS/c1-2-9-10-7-5-3-4-6-8(7)11-9/h3-6H,2H2,1H3. The summed E-state index contributed by atoms with van der Waals surface area (Å²) >= 11 is 1.90. The van der Waals surface area contributed by atoms with Crippen LogP contribution in [0.2, 0.25) is 0 Å². The van der Waals surface area contributed by atoms with Crippen LogP contribution in [0.5, 0.6) is 0 Å². The molecule has 11 heavy (non-hydrogen) atoms. The molecule has 0 amide bonds. The molecule has 1 heterocycles. The van der Waals surface area contributed by atoms with E-state index in [0.29, 0.717) is 0 Å². The van der Waals surface area contributed by atoms with E-state index in [1.54, 1.807) is 0 Å². The van der Waals surface area contributed by atoms with Crippen LogP contribution >= 0.6 is 11.3 Å². The molecule has 0 saturated carbocycles. The molecule has 2 aromatic rings. The van der Waals surface area contributed by atoms with E-state index in [-0.39, 0.29) is 0 Å². The maximum absolute atomic E-state index is 2.28. The number of benzene rings is 1. The van der Waals surface area contributed by atoms with Crippen molar-refractivity contribution in [3.05, 3.63) is 29.0 Å². The average Bonchev–Trinajstić information content (AvgIpc) is 2.46. The van der Waals surface area contributed by atoms with Crippen molar-refractivity contribution in [1.29, 1.82) is 0 Å². The van der Waals surface area contributed by atoms with E-state index in [4.69, 9.17) is 0 Å². The van der Waals surface area contributed by atoms with Crippen molar-refractivity contribution in [2.75, 3.05) is 0 Å². The van der Waals surface area contributed by atoms with Gasteiger partial charge in [0.15, 0.2) is 0 Å². The first-order valence-corrected chi connectivity index (χ1v) is 4.69. The van der Waals surface area contributed by atoms with E-state index < -0.39 is 0 Å². The quantitative estimate of drug-likeness (QED) is 0.601. The molecule has 0 unspecified atom stereocenters. The van der Waals surface area contributed by atoms with Crippen molar-refractivity contribution in [1.82, 2.24) is 0 Å². The van der Waals surface area contributed by atoms with Gasteiger partial charge in [-0.15, -0.1) is 0 Å². The number of hydrogen-bond acceptors (Lipinski definition) is 1. The predicted octanol–water partition coefficient (Wildman–Crippen LogP) is 2.80. The third kappa shape index (κ3) is 1.23. The van der Waals surface area contributed by atoms with Crippen LogP contribution in [-0.2, 0) is 6.42 Å². The van der Waals surface area contributed by atoms with Gasteiger partial charge in [-0.2, -0.15) is 0 Å². The van der Waals surface area contributed by atoms with Crippen LogP contribution in [0, 0.1) is 0 Å². The van der Waals surface area contributed by atoms with Gasteiger partial charge in [0.1, 0.15) is 0 Å². The van der Waals surface area contributed by atoms with Crippen LogP contribution in [0.1, 0.15) is 11.7 Å². The van der Waals surface area contributed by atoms with Crippen LogP contribution in [-0.4, -0.2) is 6.91 Å². The second kappa shape index (κ2) is 2.78. The fourth-order valence-corrected chi connectivity index (χ4v) is 2.22. The number of fused-ring (bicyclic) bond motifs is 1. The zero-order valence-corrected chi connectivity index (χ0v) is 7.32. The van der Waals surface area contributed by atoms with Crippen molar-refractivity contribution in [2.24, 2.45) is 0 Å². The Labute approximate surface area is 71.1 Å². The Balaban J connectivity index is 2.69. The van der Waals surface area contributed by atoms with Gasteiger partial charge in [-0.05, 0) is 0 Å². The second-order valence-corrected chi connectivity index (χ2v) is 3.77. The van der Waals surface area contributed by atoms with Crippen LogP contribution in [0.3, 0.4) is 0 Å². The summed E-state index contributed by atoms with van der Waals surface area (Å²) in [5, 5.41) is 1.38. The number of aryl methyl sites for hydroxylation is 1. The Hall–Kier alpha value is -0.625. The van der Waals surface area contributed by atoms with E-state index in [0.717, 1.165) is 6.42 Å². The van der Waals surface area contributed by atoms with Crippen molar-refractivity contribution >= 4 is 28.2 Å². The SMILES string of the molecule is CCc1bc2ccccc2s1. The summed E-state index contributed by atoms with van der Waals surface area (Å²) in [5.74, 6) is 0. The molecule has 0 nitrogen and oxygen atoms in total. The molecule has 2 rings (SSSR count). The molecule has 0 saturated heterocycles. The van der Waals surface area contributed by atoms with Gasteiger partial charge in [0.25, 0.3) is 0 Å². The van der Waals surface area contributed by atoms with E-state index in [2.05, 4.69) is 38.1 Å². The zero-order chi connectivity index (χ0) is 7.68. The van der Waals surface area contributed by atoms with Gasteiger partial charge in [-0.3, -0.25) is 0 Å². The number of hydrogen-bond donors (Lipinski definition) is 0. The van der Waals surface area contributed by atoms with Crippen molar-refractivity contribution < 1.29 is 0 Å². The minimum atomic E-state index is 1.15. The van der Waals surface area contributed by atoms with E-state index in [1.807, 2.05) is 11.3 Å². The Bertz CT molecular complexity index is 331. The van der Waals surface area contributed by atoms with Crippen LogP contribution in [0.25, 0.3) is 9.98 Å². The van der Waals surface area contributed by atoms with Gasteiger partial charge >= 0.3 is 70.6 Å². The summed E-state index contributed by atoms with van der Waals surface area (Å²) in [6, 6.07) is 8.54. The average molecular weight is 160 g/mol. The molecule has 0 spiro atoms. The molecular formula is C9H9BS. The second-order valence-electron chi connectivity index (χ2n) is 2.60. The van der Waals surface area contributed by atoms with Crippen molar-refractivity contribution in [3.8, 4) is 0 Å². The van der Waals surface area contributed by atoms with Gasteiger partial charge in [0, 0.05) is 0 Å². The summed E-state index contributed by atoms with van der Waals surface area (Å²) in [6.45, 7) is 4.48. The van der Waals surface area contributed by atoms with E-state index in [9.17, 15) is 0 Å². The summed E-state index contributed by atoms with van der Waals surface area (Å²) in [7, 11) is 0. The number of rotatable bonds is 1. The fourth-order valence-electron chi connectivity index (χ4n) is 1.21. The third-order valence-corrected chi connectivity index (χ3v) is 3.09. The van der Waals surface area contributed by atoms with Gasteiger partial charge < -0.3 is 0 Å². The topological polar surface area (TPSA) is 0 Å². The molecule has 0 bridgehead atoms. The molecule has 0 aliphatic rings. The molecule has 0 aliphatic carbocycles. The molecule has 1 aromatic carbocycles. The Kier molecular flexibility index (Phi) is 1.78. The Morgan fingerprint density at radius 3 is 2.91 bits per heavy atom. The molecule has 0 atom stereocenters.